The molecule has 1 aliphatic carbocycles. The fourth-order valence-electron chi connectivity index (χ4n) is 3.62. The fraction of sp³-hybridized carbons (Fsp3) is 0.444. The number of pyridine rings is 1. The number of piperazine rings is 1. The minimum atomic E-state index is -4.46. The van der Waals surface area contributed by atoms with Crippen molar-refractivity contribution in [1.29, 1.82) is 0 Å². The van der Waals surface area contributed by atoms with Gasteiger partial charge in [0.1, 0.15) is 11.6 Å². The van der Waals surface area contributed by atoms with Gasteiger partial charge in [-0.3, -0.25) is 4.40 Å². The highest BCUT2D eigenvalue weighted by Gasteiger charge is 2.33. The van der Waals surface area contributed by atoms with Crippen LogP contribution in [0, 0.1) is 0 Å². The Balaban J connectivity index is 1.34. The molecule has 5 rings (SSSR count). The van der Waals surface area contributed by atoms with Gasteiger partial charge in [0.05, 0.1) is 10.6 Å². The Hall–Kier alpha value is -2.62. The van der Waals surface area contributed by atoms with Crippen molar-refractivity contribution in [3.63, 3.8) is 0 Å². The predicted molar refractivity (Wildman–Crippen MR) is 101 cm³/mol. The van der Waals surface area contributed by atoms with Crippen LogP contribution in [0.5, 0.6) is 0 Å². The van der Waals surface area contributed by atoms with E-state index in [2.05, 4.69) is 25.1 Å². The van der Waals surface area contributed by atoms with E-state index in [0.717, 1.165) is 42.4 Å². The lowest BCUT2D eigenvalue weighted by atomic mass is 10.2. The maximum absolute atomic E-state index is 12.8. The van der Waals surface area contributed by atoms with Crippen LogP contribution in [0.2, 0.25) is 5.02 Å². The van der Waals surface area contributed by atoms with Crippen molar-refractivity contribution >= 4 is 28.9 Å². The number of aromatic nitrogens is 5. The van der Waals surface area contributed by atoms with Gasteiger partial charge in [-0.2, -0.15) is 13.2 Å². The quantitative estimate of drug-likeness (QED) is 0.643. The summed E-state index contributed by atoms with van der Waals surface area (Å²) in [5.41, 5.74) is -0.118. The summed E-state index contributed by atoms with van der Waals surface area (Å²) in [5, 5.41) is 8.67. The first-order chi connectivity index (χ1) is 13.9. The second kappa shape index (κ2) is 6.72. The first-order valence-corrected chi connectivity index (χ1v) is 9.72. The number of halogens is 4. The number of hydrogen-bond acceptors (Lipinski definition) is 6. The Morgan fingerprint density at radius 1 is 0.966 bits per heavy atom. The van der Waals surface area contributed by atoms with Crippen LogP contribution in [0.25, 0.3) is 5.65 Å². The summed E-state index contributed by atoms with van der Waals surface area (Å²) in [5.74, 6) is 2.58. The van der Waals surface area contributed by atoms with Gasteiger partial charge >= 0.3 is 6.18 Å². The standard InChI is InChI=1S/C18H17ClF3N7/c19-13-9-12(18(20,21)22)10-24-15(13)27-5-7-28(8-6-27)16-17-26-25-14(11-1-2-11)29(17)4-3-23-16/h3-4,9-11H,1-2,5-8H2. The van der Waals surface area contributed by atoms with E-state index in [1.54, 1.807) is 6.20 Å². The SMILES string of the molecule is FC(F)(F)c1cnc(N2CCN(c3nccn4c(C5CC5)nnc34)CC2)c(Cl)c1. The van der Waals surface area contributed by atoms with Gasteiger partial charge in [-0.05, 0) is 18.9 Å². The second-order valence-corrected chi connectivity index (χ2v) is 7.69. The lowest BCUT2D eigenvalue weighted by Gasteiger charge is -2.36. The van der Waals surface area contributed by atoms with E-state index >= 15 is 0 Å². The minimum absolute atomic E-state index is 0.0000311. The Morgan fingerprint density at radius 2 is 1.66 bits per heavy atom. The van der Waals surface area contributed by atoms with Gasteiger partial charge in [-0.15, -0.1) is 10.2 Å². The summed E-state index contributed by atoms with van der Waals surface area (Å²) in [6.45, 7) is 2.36. The van der Waals surface area contributed by atoms with Crippen molar-refractivity contribution in [2.45, 2.75) is 24.9 Å². The number of anilines is 2. The van der Waals surface area contributed by atoms with Crippen LogP contribution in [0.1, 0.15) is 30.1 Å². The van der Waals surface area contributed by atoms with Crippen molar-refractivity contribution in [2.75, 3.05) is 36.0 Å². The molecule has 0 unspecified atom stereocenters. The molecule has 0 spiro atoms. The average molecular weight is 424 g/mol. The number of fused-ring (bicyclic) bond motifs is 1. The van der Waals surface area contributed by atoms with Gasteiger partial charge < -0.3 is 9.80 Å². The molecule has 0 aromatic carbocycles. The van der Waals surface area contributed by atoms with E-state index < -0.39 is 11.7 Å². The highest BCUT2D eigenvalue weighted by molar-refractivity contribution is 6.33. The van der Waals surface area contributed by atoms with E-state index in [1.807, 2.05) is 15.5 Å². The topological polar surface area (TPSA) is 62.5 Å². The van der Waals surface area contributed by atoms with Crippen molar-refractivity contribution in [3.8, 4) is 0 Å². The average Bonchev–Trinajstić information content (AvgIpc) is 3.45. The third-order valence-electron chi connectivity index (χ3n) is 5.31. The maximum Gasteiger partial charge on any atom is 0.417 e. The normalized spacial score (nSPS) is 17.9. The summed E-state index contributed by atoms with van der Waals surface area (Å²) in [4.78, 5) is 12.4. The molecule has 11 heteroatoms. The van der Waals surface area contributed by atoms with E-state index in [1.165, 1.54) is 0 Å². The lowest BCUT2D eigenvalue weighted by molar-refractivity contribution is -0.137. The van der Waals surface area contributed by atoms with Gasteiger partial charge in [-0.1, -0.05) is 11.6 Å². The second-order valence-electron chi connectivity index (χ2n) is 7.28. The first kappa shape index (κ1) is 18.4. The monoisotopic (exact) mass is 423 g/mol. The maximum atomic E-state index is 12.8. The zero-order chi connectivity index (χ0) is 20.2. The summed E-state index contributed by atoms with van der Waals surface area (Å²) < 4.78 is 40.5. The van der Waals surface area contributed by atoms with Crippen molar-refractivity contribution in [1.82, 2.24) is 24.6 Å². The Bertz CT molecular complexity index is 1060. The van der Waals surface area contributed by atoms with Crippen LogP contribution < -0.4 is 9.80 Å². The van der Waals surface area contributed by atoms with E-state index in [0.29, 0.717) is 37.9 Å². The lowest BCUT2D eigenvalue weighted by Crippen LogP contribution is -2.47. The molecule has 2 aliphatic rings. The highest BCUT2D eigenvalue weighted by atomic mass is 35.5. The molecule has 0 amide bonds. The van der Waals surface area contributed by atoms with Crippen LogP contribution in [0.4, 0.5) is 24.8 Å². The third-order valence-corrected chi connectivity index (χ3v) is 5.58. The van der Waals surface area contributed by atoms with Crippen LogP contribution in [0.3, 0.4) is 0 Å². The summed E-state index contributed by atoms with van der Waals surface area (Å²) in [6, 6.07) is 0.925. The molecule has 4 heterocycles. The van der Waals surface area contributed by atoms with E-state index in [-0.39, 0.29) is 5.02 Å². The molecule has 1 aliphatic heterocycles. The first-order valence-electron chi connectivity index (χ1n) is 9.34. The number of hydrogen-bond donors (Lipinski definition) is 0. The molecular weight excluding hydrogens is 407 g/mol. The van der Waals surface area contributed by atoms with Gasteiger partial charge in [0, 0.05) is 50.7 Å². The molecule has 1 saturated heterocycles. The Morgan fingerprint density at radius 3 is 2.28 bits per heavy atom. The van der Waals surface area contributed by atoms with Crippen LogP contribution in [-0.4, -0.2) is 50.7 Å². The number of rotatable bonds is 3. The smallest absolute Gasteiger partial charge is 0.352 e. The minimum Gasteiger partial charge on any atom is -0.352 e. The van der Waals surface area contributed by atoms with Crippen molar-refractivity contribution < 1.29 is 13.2 Å². The van der Waals surface area contributed by atoms with Crippen LogP contribution >= 0.6 is 11.6 Å². The highest BCUT2D eigenvalue weighted by Crippen LogP contribution is 2.39. The van der Waals surface area contributed by atoms with Gasteiger partial charge in [0.15, 0.2) is 5.82 Å². The van der Waals surface area contributed by atoms with Crippen molar-refractivity contribution in [3.05, 3.63) is 41.1 Å². The third kappa shape index (κ3) is 3.35. The summed E-state index contributed by atoms with van der Waals surface area (Å²) in [7, 11) is 0. The molecule has 3 aromatic heterocycles. The van der Waals surface area contributed by atoms with Gasteiger partial charge in [0.25, 0.3) is 0 Å². The summed E-state index contributed by atoms with van der Waals surface area (Å²) in [6.07, 6.45) is 2.27. The molecule has 0 atom stereocenters. The number of alkyl halides is 3. The number of nitrogens with zero attached hydrogens (tertiary/aromatic N) is 7. The molecule has 0 N–H and O–H groups in total. The molecule has 1 saturated carbocycles. The molecule has 7 nitrogen and oxygen atoms in total. The largest absolute Gasteiger partial charge is 0.417 e. The fourth-order valence-corrected chi connectivity index (χ4v) is 3.91. The molecular formula is C18H17ClF3N7. The zero-order valence-electron chi connectivity index (χ0n) is 15.3. The van der Waals surface area contributed by atoms with Crippen LogP contribution in [0.15, 0.2) is 24.7 Å². The molecule has 152 valence electrons. The predicted octanol–water partition coefficient (Wildman–Crippen LogP) is 3.40. The van der Waals surface area contributed by atoms with E-state index in [9.17, 15) is 13.2 Å². The molecule has 0 bridgehead atoms. The Kier molecular flexibility index (Phi) is 4.27. The van der Waals surface area contributed by atoms with Crippen molar-refractivity contribution in [2.24, 2.45) is 0 Å². The molecule has 3 aromatic rings. The zero-order valence-corrected chi connectivity index (χ0v) is 16.0. The Labute approximate surface area is 169 Å². The van der Waals surface area contributed by atoms with Gasteiger partial charge in [-0.25, -0.2) is 9.97 Å². The van der Waals surface area contributed by atoms with Crippen LogP contribution in [-0.2, 0) is 6.18 Å². The molecule has 2 fully saturated rings. The summed E-state index contributed by atoms with van der Waals surface area (Å²) >= 11 is 6.09. The molecule has 29 heavy (non-hydrogen) atoms. The van der Waals surface area contributed by atoms with E-state index in [4.69, 9.17) is 11.6 Å². The van der Waals surface area contributed by atoms with Gasteiger partial charge in [0.2, 0.25) is 5.65 Å². The molecule has 0 radical (unpaired) electrons.